The zero-order valence-corrected chi connectivity index (χ0v) is 20.2. The molecule has 8 nitrogen and oxygen atoms in total. The second-order valence-electron chi connectivity index (χ2n) is 6.31. The van der Waals surface area contributed by atoms with Gasteiger partial charge in [0.15, 0.2) is 0 Å². The van der Waals surface area contributed by atoms with Crippen molar-refractivity contribution in [1.82, 2.24) is 5.43 Å². The molecule has 0 aliphatic heterocycles. The summed E-state index contributed by atoms with van der Waals surface area (Å²) in [5.41, 5.74) is 10.7. The fourth-order valence-electron chi connectivity index (χ4n) is 2.59. The molecule has 0 bridgehead atoms. The van der Waals surface area contributed by atoms with Crippen LogP contribution in [0.5, 0.6) is 5.75 Å². The number of nitro groups is 1. The fourth-order valence-corrected chi connectivity index (χ4v) is 4.72. The minimum absolute atomic E-state index is 0.0404. The Labute approximate surface area is 205 Å². The van der Waals surface area contributed by atoms with E-state index in [-0.39, 0.29) is 18.2 Å². The van der Waals surface area contributed by atoms with Crippen molar-refractivity contribution >= 4 is 68.7 Å². The summed E-state index contributed by atoms with van der Waals surface area (Å²) in [4.78, 5) is 22.5. The molecule has 0 aliphatic rings. The molecule has 3 N–H and O–H groups in total. The molecule has 158 valence electrons. The van der Waals surface area contributed by atoms with E-state index in [9.17, 15) is 14.9 Å². The molecule has 0 saturated heterocycles. The van der Waals surface area contributed by atoms with E-state index >= 15 is 0 Å². The molecule has 0 heterocycles. The zero-order chi connectivity index (χ0) is 22.4. The van der Waals surface area contributed by atoms with Crippen LogP contribution in [0.25, 0.3) is 0 Å². The second kappa shape index (κ2) is 10.5. The van der Waals surface area contributed by atoms with Gasteiger partial charge < -0.3 is 10.5 Å². The first kappa shape index (κ1) is 22.9. The van der Waals surface area contributed by atoms with Gasteiger partial charge in [-0.2, -0.15) is 5.10 Å². The van der Waals surface area contributed by atoms with Crippen molar-refractivity contribution in [3.8, 4) is 5.75 Å². The molecule has 0 saturated carbocycles. The number of carbonyl (C=O) groups excluding carboxylic acids is 1. The monoisotopic (exact) mass is 642 g/mol. The lowest BCUT2D eigenvalue weighted by molar-refractivity contribution is -0.384. The summed E-state index contributed by atoms with van der Waals surface area (Å²) < 4.78 is 7.64. The van der Waals surface area contributed by atoms with Crippen molar-refractivity contribution in [2.45, 2.75) is 6.61 Å². The number of nitrogens with zero attached hydrogens (tertiary/aromatic N) is 2. The quantitative estimate of drug-likeness (QED) is 0.127. The summed E-state index contributed by atoms with van der Waals surface area (Å²) in [6.07, 6.45) is 1.54. The predicted octanol–water partition coefficient (Wildman–Crippen LogP) is 4.73. The topological polar surface area (TPSA) is 120 Å². The molecular formula is C21H16I2N4O4. The van der Waals surface area contributed by atoms with Gasteiger partial charge in [0, 0.05) is 17.8 Å². The van der Waals surface area contributed by atoms with Crippen molar-refractivity contribution in [3.63, 3.8) is 0 Å². The number of rotatable bonds is 7. The van der Waals surface area contributed by atoms with Gasteiger partial charge in [-0.1, -0.05) is 12.1 Å². The lowest BCUT2D eigenvalue weighted by Crippen LogP contribution is -2.19. The van der Waals surface area contributed by atoms with Gasteiger partial charge in [-0.05, 0) is 92.7 Å². The number of nitrogens with two attached hydrogens (primary N) is 1. The Hall–Kier alpha value is -2.74. The summed E-state index contributed by atoms with van der Waals surface area (Å²) in [5.74, 6) is 0.319. The van der Waals surface area contributed by atoms with Gasteiger partial charge in [-0.25, -0.2) is 5.43 Å². The third-order valence-corrected chi connectivity index (χ3v) is 5.74. The van der Waals surface area contributed by atoms with E-state index in [4.69, 9.17) is 10.5 Å². The number of carbonyl (C=O) groups is 1. The second-order valence-corrected chi connectivity index (χ2v) is 8.64. The van der Waals surface area contributed by atoms with Gasteiger partial charge in [-0.15, -0.1) is 0 Å². The first-order valence-corrected chi connectivity index (χ1v) is 11.0. The van der Waals surface area contributed by atoms with Crippen molar-refractivity contribution in [1.29, 1.82) is 0 Å². The van der Waals surface area contributed by atoms with Crippen LogP contribution in [0, 0.1) is 17.3 Å². The van der Waals surface area contributed by atoms with Crippen LogP contribution in [0.3, 0.4) is 0 Å². The van der Waals surface area contributed by atoms with Gasteiger partial charge in [0.2, 0.25) is 0 Å². The number of hydrazone groups is 1. The number of ether oxygens (including phenoxy) is 1. The largest absolute Gasteiger partial charge is 0.487 e. The number of anilines is 1. The number of halogens is 2. The highest BCUT2D eigenvalue weighted by atomic mass is 127. The van der Waals surface area contributed by atoms with Gasteiger partial charge >= 0.3 is 0 Å². The Kier molecular flexibility index (Phi) is 7.79. The molecule has 3 aromatic rings. The number of hydrogen-bond donors (Lipinski definition) is 2. The molecule has 3 aromatic carbocycles. The highest BCUT2D eigenvalue weighted by Gasteiger charge is 2.11. The van der Waals surface area contributed by atoms with Crippen molar-refractivity contribution in [2.75, 3.05) is 5.73 Å². The zero-order valence-electron chi connectivity index (χ0n) is 15.9. The highest BCUT2D eigenvalue weighted by molar-refractivity contribution is 14.1. The van der Waals surface area contributed by atoms with Crippen LogP contribution in [0.2, 0.25) is 0 Å². The molecule has 1 amide bonds. The van der Waals surface area contributed by atoms with E-state index in [1.54, 1.807) is 42.6 Å². The maximum Gasteiger partial charge on any atom is 0.273 e. The van der Waals surface area contributed by atoms with Crippen LogP contribution in [-0.2, 0) is 6.61 Å². The Bertz CT molecular complexity index is 1130. The Morgan fingerprint density at radius 3 is 2.39 bits per heavy atom. The minimum atomic E-state index is -0.436. The number of para-hydroxylation sites is 1. The first-order valence-electron chi connectivity index (χ1n) is 8.88. The highest BCUT2D eigenvalue weighted by Crippen LogP contribution is 2.29. The molecule has 0 aromatic heterocycles. The third-order valence-electron chi connectivity index (χ3n) is 4.14. The summed E-state index contributed by atoms with van der Waals surface area (Å²) in [7, 11) is 0. The average Bonchev–Trinajstić information content (AvgIpc) is 2.73. The molecule has 3 rings (SSSR count). The van der Waals surface area contributed by atoms with E-state index in [1.165, 1.54) is 12.1 Å². The molecule has 0 fully saturated rings. The Morgan fingerprint density at radius 1 is 1.13 bits per heavy atom. The summed E-state index contributed by atoms with van der Waals surface area (Å²) in [5, 5.41) is 14.7. The molecular weight excluding hydrogens is 626 g/mol. The van der Waals surface area contributed by atoms with E-state index in [0.29, 0.717) is 17.0 Å². The first-order chi connectivity index (χ1) is 14.8. The van der Waals surface area contributed by atoms with Crippen LogP contribution in [0.15, 0.2) is 65.8 Å². The number of hydrogen-bond acceptors (Lipinski definition) is 6. The van der Waals surface area contributed by atoms with Crippen LogP contribution in [0.4, 0.5) is 11.4 Å². The van der Waals surface area contributed by atoms with Gasteiger partial charge in [0.25, 0.3) is 11.6 Å². The SMILES string of the molecule is Nc1ccccc1C(=O)N/N=C\c1cc(I)c(OCc2ccc([N+](=O)[O-])cc2)c(I)c1. The molecule has 0 aliphatic carbocycles. The molecule has 0 spiro atoms. The fraction of sp³-hybridized carbons (Fsp3) is 0.0476. The van der Waals surface area contributed by atoms with Crippen molar-refractivity contribution in [2.24, 2.45) is 5.10 Å². The van der Waals surface area contributed by atoms with E-state index < -0.39 is 4.92 Å². The predicted molar refractivity (Wildman–Crippen MR) is 135 cm³/mol. The van der Waals surface area contributed by atoms with Gasteiger partial charge in [0.1, 0.15) is 12.4 Å². The van der Waals surface area contributed by atoms with Gasteiger partial charge in [-0.3, -0.25) is 14.9 Å². The third kappa shape index (κ3) is 6.13. The molecule has 10 heteroatoms. The minimum Gasteiger partial charge on any atom is -0.487 e. The van der Waals surface area contributed by atoms with E-state index in [0.717, 1.165) is 18.3 Å². The van der Waals surface area contributed by atoms with Crippen molar-refractivity contribution < 1.29 is 14.5 Å². The lowest BCUT2D eigenvalue weighted by atomic mass is 10.2. The summed E-state index contributed by atoms with van der Waals surface area (Å²) >= 11 is 4.32. The maximum atomic E-state index is 12.2. The maximum absolute atomic E-state index is 12.2. The molecule has 0 atom stereocenters. The van der Waals surface area contributed by atoms with Crippen LogP contribution in [-0.4, -0.2) is 17.0 Å². The Morgan fingerprint density at radius 2 is 1.77 bits per heavy atom. The number of non-ortho nitro benzene ring substituents is 1. The summed E-state index contributed by atoms with van der Waals surface area (Å²) in [6.45, 7) is 0.284. The Balaban J connectivity index is 1.64. The number of nitro benzene ring substituents is 1. The standard InChI is InChI=1S/C21H16I2N4O4/c22-17-9-14(11-25-26-21(28)16-3-1-2-4-19(16)24)10-18(23)20(17)31-12-13-5-7-15(8-6-13)27(29)30/h1-11H,12,24H2,(H,26,28)/b25-11-. The number of benzene rings is 3. The average molecular weight is 642 g/mol. The number of nitrogen functional groups attached to an aromatic ring is 1. The van der Waals surface area contributed by atoms with E-state index in [2.05, 4.69) is 55.7 Å². The smallest absolute Gasteiger partial charge is 0.273 e. The number of nitrogens with one attached hydrogen (secondary N) is 1. The lowest BCUT2D eigenvalue weighted by Gasteiger charge is -2.11. The van der Waals surface area contributed by atoms with Crippen LogP contribution in [0.1, 0.15) is 21.5 Å². The van der Waals surface area contributed by atoms with Crippen molar-refractivity contribution in [3.05, 3.63) is 94.6 Å². The van der Waals surface area contributed by atoms with Crippen LogP contribution >= 0.6 is 45.2 Å². The molecule has 0 radical (unpaired) electrons. The number of amides is 1. The molecule has 0 unspecified atom stereocenters. The van der Waals surface area contributed by atoms with Crippen LogP contribution < -0.4 is 15.9 Å². The van der Waals surface area contributed by atoms with Gasteiger partial charge in [0.05, 0.1) is 23.8 Å². The summed E-state index contributed by atoms with van der Waals surface area (Å²) in [6, 6.07) is 16.8. The molecule has 31 heavy (non-hydrogen) atoms. The normalized spacial score (nSPS) is 10.8. The van der Waals surface area contributed by atoms with E-state index in [1.807, 2.05) is 12.1 Å².